The molecule has 2 aromatic rings. The number of thioether (sulfide) groups is 1. The number of thiocarbonyl (C=S) groups is 1. The molecule has 0 radical (unpaired) electrons. The van der Waals surface area contributed by atoms with Gasteiger partial charge in [0.25, 0.3) is 11.6 Å². The number of aryl methyl sites for hydroxylation is 1. The third-order valence-electron chi connectivity index (χ3n) is 3.59. The highest BCUT2D eigenvalue weighted by Gasteiger charge is 2.33. The topological polar surface area (TPSA) is 63.5 Å². The second-order valence-electron chi connectivity index (χ2n) is 5.30. The molecule has 8 heteroatoms. The van der Waals surface area contributed by atoms with Crippen LogP contribution in [0.15, 0.2) is 47.4 Å². The molecule has 0 aromatic heterocycles. The Morgan fingerprint density at radius 3 is 2.72 bits per heavy atom. The van der Waals surface area contributed by atoms with Crippen LogP contribution < -0.4 is 4.90 Å². The van der Waals surface area contributed by atoms with Crippen molar-refractivity contribution in [3.8, 4) is 0 Å². The van der Waals surface area contributed by atoms with Crippen molar-refractivity contribution in [3.05, 3.63) is 74.4 Å². The van der Waals surface area contributed by atoms with Gasteiger partial charge in [0.05, 0.1) is 15.5 Å². The first-order chi connectivity index (χ1) is 11.9. The molecule has 3 rings (SSSR count). The SMILES string of the molecule is Cc1ccc(/C=C2/SC(=S)N(c3cccc(F)c3)C2=O)cc1[N+](=O)[O-]. The summed E-state index contributed by atoms with van der Waals surface area (Å²) in [6.45, 7) is 1.64. The lowest BCUT2D eigenvalue weighted by Crippen LogP contribution is -2.27. The minimum absolute atomic E-state index is 0.0191. The van der Waals surface area contributed by atoms with Crippen LogP contribution in [-0.2, 0) is 4.79 Å². The molecule has 25 heavy (non-hydrogen) atoms. The van der Waals surface area contributed by atoms with Gasteiger partial charge in [0, 0.05) is 11.6 Å². The maximum Gasteiger partial charge on any atom is 0.272 e. The van der Waals surface area contributed by atoms with Crippen molar-refractivity contribution >= 4 is 51.7 Å². The molecule has 1 heterocycles. The maximum absolute atomic E-state index is 13.4. The predicted octanol–water partition coefficient (Wildman–Crippen LogP) is 4.45. The van der Waals surface area contributed by atoms with Crippen molar-refractivity contribution in [3.63, 3.8) is 0 Å². The van der Waals surface area contributed by atoms with E-state index in [2.05, 4.69) is 0 Å². The molecule has 0 N–H and O–H groups in total. The third kappa shape index (κ3) is 3.45. The fourth-order valence-corrected chi connectivity index (χ4v) is 3.67. The van der Waals surface area contributed by atoms with E-state index in [4.69, 9.17) is 12.2 Å². The number of benzene rings is 2. The fraction of sp³-hybridized carbons (Fsp3) is 0.0588. The van der Waals surface area contributed by atoms with Crippen LogP contribution in [-0.4, -0.2) is 15.2 Å². The molecule has 0 unspecified atom stereocenters. The largest absolute Gasteiger partial charge is 0.272 e. The van der Waals surface area contributed by atoms with Gasteiger partial charge in [-0.25, -0.2) is 4.39 Å². The van der Waals surface area contributed by atoms with Crippen LogP contribution in [0.5, 0.6) is 0 Å². The number of rotatable bonds is 3. The van der Waals surface area contributed by atoms with Gasteiger partial charge in [-0.2, -0.15) is 0 Å². The fourth-order valence-electron chi connectivity index (χ4n) is 2.37. The molecular weight excluding hydrogens is 363 g/mol. The van der Waals surface area contributed by atoms with Gasteiger partial charge in [-0.3, -0.25) is 19.8 Å². The lowest BCUT2D eigenvalue weighted by molar-refractivity contribution is -0.385. The summed E-state index contributed by atoms with van der Waals surface area (Å²) >= 11 is 6.29. The Balaban J connectivity index is 1.96. The Labute approximate surface area is 152 Å². The summed E-state index contributed by atoms with van der Waals surface area (Å²) in [4.78, 5) is 24.8. The van der Waals surface area contributed by atoms with Gasteiger partial charge in [0.2, 0.25) is 0 Å². The Morgan fingerprint density at radius 2 is 2.04 bits per heavy atom. The molecule has 0 atom stereocenters. The molecule has 5 nitrogen and oxygen atoms in total. The number of anilines is 1. The number of nitro groups is 1. The van der Waals surface area contributed by atoms with Crippen molar-refractivity contribution in [2.24, 2.45) is 0 Å². The van der Waals surface area contributed by atoms with E-state index in [9.17, 15) is 19.3 Å². The highest BCUT2D eigenvalue weighted by molar-refractivity contribution is 8.27. The van der Waals surface area contributed by atoms with Crippen LogP contribution in [0.25, 0.3) is 6.08 Å². The lowest BCUT2D eigenvalue weighted by Gasteiger charge is -2.14. The van der Waals surface area contributed by atoms with Crippen molar-refractivity contribution in [1.82, 2.24) is 0 Å². The number of hydrogen-bond donors (Lipinski definition) is 0. The summed E-state index contributed by atoms with van der Waals surface area (Å²) in [5.41, 5.74) is 1.39. The number of nitrogens with zero attached hydrogens (tertiary/aromatic N) is 2. The first-order valence-corrected chi connectivity index (χ1v) is 8.38. The molecule has 1 aliphatic heterocycles. The molecular formula is C17H11FN2O3S2. The first-order valence-electron chi connectivity index (χ1n) is 7.15. The number of halogens is 1. The number of hydrogen-bond acceptors (Lipinski definition) is 5. The number of amides is 1. The van der Waals surface area contributed by atoms with Crippen LogP contribution in [0.3, 0.4) is 0 Å². The summed E-state index contributed by atoms with van der Waals surface area (Å²) in [6, 6.07) is 10.3. The van der Waals surface area contributed by atoms with Gasteiger partial charge in [-0.1, -0.05) is 42.2 Å². The van der Waals surface area contributed by atoms with E-state index in [0.717, 1.165) is 11.8 Å². The van der Waals surface area contributed by atoms with Gasteiger partial charge >= 0.3 is 0 Å². The van der Waals surface area contributed by atoms with Crippen molar-refractivity contribution in [2.45, 2.75) is 6.92 Å². The van der Waals surface area contributed by atoms with Crippen LogP contribution in [0, 0.1) is 22.9 Å². The van der Waals surface area contributed by atoms with E-state index in [-0.39, 0.29) is 15.9 Å². The Bertz CT molecular complexity index is 943. The average Bonchev–Trinajstić information content (AvgIpc) is 2.83. The van der Waals surface area contributed by atoms with Crippen molar-refractivity contribution in [2.75, 3.05) is 4.90 Å². The van der Waals surface area contributed by atoms with Crippen molar-refractivity contribution in [1.29, 1.82) is 0 Å². The quantitative estimate of drug-likeness (QED) is 0.344. The minimum atomic E-state index is -0.468. The van der Waals surface area contributed by atoms with Gasteiger partial charge in [0.1, 0.15) is 5.82 Å². The summed E-state index contributed by atoms with van der Waals surface area (Å²) in [7, 11) is 0. The molecule has 1 fully saturated rings. The molecule has 1 saturated heterocycles. The van der Waals surface area contributed by atoms with Crippen LogP contribution in [0.4, 0.5) is 15.8 Å². The average molecular weight is 374 g/mol. The van der Waals surface area contributed by atoms with Crippen LogP contribution >= 0.6 is 24.0 Å². The second-order valence-corrected chi connectivity index (χ2v) is 6.98. The van der Waals surface area contributed by atoms with E-state index in [1.165, 1.54) is 29.2 Å². The van der Waals surface area contributed by atoms with E-state index < -0.39 is 10.7 Å². The van der Waals surface area contributed by atoms with Gasteiger partial charge < -0.3 is 0 Å². The smallest absolute Gasteiger partial charge is 0.268 e. The van der Waals surface area contributed by atoms with Gasteiger partial charge in [0.15, 0.2) is 4.32 Å². The molecule has 0 spiro atoms. The predicted molar refractivity (Wildman–Crippen MR) is 99.9 cm³/mol. The zero-order valence-corrected chi connectivity index (χ0v) is 14.6. The number of nitro benzene ring substituents is 1. The third-order valence-corrected chi connectivity index (χ3v) is 4.89. The summed E-state index contributed by atoms with van der Waals surface area (Å²) in [6.07, 6.45) is 1.55. The van der Waals surface area contributed by atoms with E-state index >= 15 is 0 Å². The highest BCUT2D eigenvalue weighted by atomic mass is 32.2. The molecule has 0 bridgehead atoms. The van der Waals surface area contributed by atoms with Crippen LogP contribution in [0.2, 0.25) is 0 Å². The van der Waals surface area contributed by atoms with Gasteiger partial charge in [-0.15, -0.1) is 0 Å². The lowest BCUT2D eigenvalue weighted by atomic mass is 10.1. The molecule has 126 valence electrons. The summed E-state index contributed by atoms with van der Waals surface area (Å²) in [5, 5.41) is 11.0. The maximum atomic E-state index is 13.4. The highest BCUT2D eigenvalue weighted by Crippen LogP contribution is 2.36. The molecule has 1 aliphatic rings. The van der Waals surface area contributed by atoms with E-state index in [0.29, 0.717) is 21.7 Å². The van der Waals surface area contributed by atoms with E-state index in [1.807, 2.05) is 0 Å². The molecule has 0 saturated carbocycles. The van der Waals surface area contributed by atoms with Gasteiger partial charge in [-0.05, 0) is 36.8 Å². The molecule has 0 aliphatic carbocycles. The van der Waals surface area contributed by atoms with E-state index in [1.54, 1.807) is 31.2 Å². The first kappa shape index (κ1) is 17.2. The summed E-state index contributed by atoms with van der Waals surface area (Å²) < 4.78 is 13.7. The van der Waals surface area contributed by atoms with Crippen molar-refractivity contribution < 1.29 is 14.1 Å². The minimum Gasteiger partial charge on any atom is -0.268 e. The Kier molecular flexibility index (Phi) is 4.65. The number of carbonyl (C=O) groups is 1. The monoisotopic (exact) mass is 374 g/mol. The zero-order valence-electron chi connectivity index (χ0n) is 12.9. The number of carbonyl (C=O) groups excluding carboxylic acids is 1. The molecule has 1 amide bonds. The Hall–Kier alpha value is -2.58. The summed E-state index contributed by atoms with van der Waals surface area (Å²) in [5.74, 6) is -0.853. The standard InChI is InChI=1S/C17H11FN2O3S2/c1-10-5-6-11(7-14(10)20(22)23)8-15-16(21)19(17(24)25-15)13-4-2-3-12(18)9-13/h2-9H,1H3/b15-8+. The normalized spacial score (nSPS) is 15.9. The second kappa shape index (κ2) is 6.73. The molecule has 2 aromatic carbocycles. The Morgan fingerprint density at radius 1 is 1.28 bits per heavy atom. The zero-order chi connectivity index (χ0) is 18.1. The van der Waals surface area contributed by atoms with Crippen LogP contribution in [0.1, 0.15) is 11.1 Å².